The molecule has 188 valence electrons. The fourth-order valence-corrected chi connectivity index (χ4v) is 4.81. The first-order valence-corrected chi connectivity index (χ1v) is 13.1. The van der Waals surface area contributed by atoms with E-state index in [9.17, 15) is 9.59 Å². The average molecular weight is 508 g/mol. The lowest BCUT2D eigenvalue weighted by atomic mass is 9.99. The zero-order valence-corrected chi connectivity index (χ0v) is 21.1. The normalized spacial score (nSPS) is 17.2. The van der Waals surface area contributed by atoms with Crippen molar-refractivity contribution >= 4 is 22.1 Å². The molecule has 0 bridgehead atoms. The number of aryl methyl sites for hydroxylation is 2. The van der Waals surface area contributed by atoms with Crippen molar-refractivity contribution < 1.29 is 23.5 Å². The fourth-order valence-electron chi connectivity index (χ4n) is 4.14. The molecule has 3 aromatic carbocycles. The molecular weight excluding hydrogens is 477 g/mol. The third-order valence-electron chi connectivity index (χ3n) is 5.96. The molecule has 1 fully saturated rings. The Hall–Kier alpha value is -3.32. The number of rotatable bonds is 12. The molecule has 36 heavy (non-hydrogen) atoms. The number of hydrogen-bond donors (Lipinski definition) is 1. The molecule has 5 nitrogen and oxygen atoms in total. The van der Waals surface area contributed by atoms with Crippen LogP contribution in [0.15, 0.2) is 72.8 Å². The molecule has 1 heterocycles. The summed E-state index contributed by atoms with van der Waals surface area (Å²) < 4.78 is 27.1. The quantitative estimate of drug-likeness (QED) is 0.205. The Morgan fingerprint density at radius 1 is 0.889 bits per heavy atom. The number of ether oxygens (including phenoxy) is 2. The number of amides is 1. The summed E-state index contributed by atoms with van der Waals surface area (Å²) >= 11 is 0.373. The van der Waals surface area contributed by atoms with E-state index in [0.29, 0.717) is 18.4 Å². The van der Waals surface area contributed by atoms with Gasteiger partial charge in [0.2, 0.25) is 0 Å². The molecule has 1 N–H and O–H groups in total. The van der Waals surface area contributed by atoms with Crippen LogP contribution >= 0.6 is 11.8 Å². The summed E-state index contributed by atoms with van der Waals surface area (Å²) in [5, 5.41) is 0.661. The topological polar surface area (TPSA) is 64.6 Å². The number of alkyl halides is 1. The van der Waals surface area contributed by atoms with Crippen molar-refractivity contribution in [3.63, 3.8) is 0 Å². The lowest BCUT2D eigenvalue weighted by Crippen LogP contribution is -2.38. The van der Waals surface area contributed by atoms with Crippen LogP contribution < -0.4 is 14.8 Å². The van der Waals surface area contributed by atoms with Crippen molar-refractivity contribution in [1.29, 1.82) is 0 Å². The first-order chi connectivity index (χ1) is 17.5. The molecule has 1 aliphatic rings. The van der Waals surface area contributed by atoms with Crippen molar-refractivity contribution in [2.75, 3.05) is 6.61 Å². The van der Waals surface area contributed by atoms with Gasteiger partial charge in [-0.2, -0.15) is 0 Å². The number of unbranched alkanes of at least 4 members (excludes halogenated alkanes) is 2. The number of hydrogen-bond acceptors (Lipinski definition) is 5. The SMILES string of the molecule is CCCc1cc(Oc2ccccc2)ccc1OCCCCCc1cccc(C2(F)NC(=O)SC2=O)c1. The van der Waals surface area contributed by atoms with Gasteiger partial charge in [-0.1, -0.05) is 55.8 Å². The van der Waals surface area contributed by atoms with Gasteiger partial charge < -0.3 is 14.8 Å². The van der Waals surface area contributed by atoms with Crippen molar-refractivity contribution in [2.45, 2.75) is 51.2 Å². The highest BCUT2D eigenvalue weighted by molar-refractivity contribution is 8.26. The minimum Gasteiger partial charge on any atom is -0.493 e. The Balaban J connectivity index is 1.25. The van der Waals surface area contributed by atoms with E-state index in [-0.39, 0.29) is 5.56 Å². The van der Waals surface area contributed by atoms with Gasteiger partial charge in [0.25, 0.3) is 16.1 Å². The van der Waals surface area contributed by atoms with Gasteiger partial charge in [0.05, 0.1) is 6.61 Å². The van der Waals surface area contributed by atoms with Crippen LogP contribution in [0.3, 0.4) is 0 Å². The summed E-state index contributed by atoms with van der Waals surface area (Å²) in [5.41, 5.74) is 2.24. The van der Waals surface area contributed by atoms with Gasteiger partial charge in [-0.3, -0.25) is 9.59 Å². The minimum atomic E-state index is -2.44. The zero-order valence-electron chi connectivity index (χ0n) is 20.3. The maximum atomic E-state index is 15.0. The van der Waals surface area contributed by atoms with Gasteiger partial charge >= 0.3 is 0 Å². The summed E-state index contributed by atoms with van der Waals surface area (Å²) in [4.78, 5) is 23.3. The second kappa shape index (κ2) is 12.1. The number of para-hydroxylation sites is 1. The molecule has 4 rings (SSSR count). The lowest BCUT2D eigenvalue weighted by molar-refractivity contribution is -0.122. The van der Waals surface area contributed by atoms with Crippen LogP contribution in [-0.2, 0) is 23.4 Å². The maximum Gasteiger partial charge on any atom is 0.289 e. The molecule has 0 saturated carbocycles. The first-order valence-electron chi connectivity index (χ1n) is 12.3. The van der Waals surface area contributed by atoms with Crippen LogP contribution in [0.4, 0.5) is 9.18 Å². The summed E-state index contributed by atoms with van der Waals surface area (Å²) in [6.45, 7) is 2.75. The van der Waals surface area contributed by atoms with Crippen molar-refractivity contribution in [3.05, 3.63) is 89.5 Å². The van der Waals surface area contributed by atoms with Crippen molar-refractivity contribution in [3.8, 4) is 17.2 Å². The number of carbonyl (C=O) groups excluding carboxylic acids is 2. The largest absolute Gasteiger partial charge is 0.493 e. The summed E-state index contributed by atoms with van der Waals surface area (Å²) in [6.07, 6.45) is 5.44. The molecule has 3 aromatic rings. The lowest BCUT2D eigenvalue weighted by Gasteiger charge is -2.18. The minimum absolute atomic E-state index is 0.176. The second-order valence-electron chi connectivity index (χ2n) is 8.75. The highest BCUT2D eigenvalue weighted by Gasteiger charge is 2.49. The highest BCUT2D eigenvalue weighted by atomic mass is 32.2. The van der Waals surface area contributed by atoms with Gasteiger partial charge in [0.15, 0.2) is 0 Å². The standard InChI is InChI=1S/C29H30FNO4S/c1-2-10-22-20-25(35-24-14-6-3-7-15-24)16-17-26(22)34-18-8-4-5-11-21-12-9-13-23(19-21)29(30)27(32)36-28(33)31-29/h3,6-7,9,12-17,19-20H,2,4-5,8,10-11,18H2,1H3,(H,31,33). The van der Waals surface area contributed by atoms with E-state index in [0.717, 1.165) is 66.9 Å². The van der Waals surface area contributed by atoms with Crippen molar-refractivity contribution in [1.82, 2.24) is 5.32 Å². The third kappa shape index (κ3) is 6.46. The Kier molecular flexibility index (Phi) is 8.65. The van der Waals surface area contributed by atoms with E-state index >= 15 is 4.39 Å². The van der Waals surface area contributed by atoms with E-state index in [1.54, 1.807) is 12.1 Å². The van der Waals surface area contributed by atoms with Gasteiger partial charge in [0, 0.05) is 17.3 Å². The van der Waals surface area contributed by atoms with Gasteiger partial charge in [-0.15, -0.1) is 0 Å². The van der Waals surface area contributed by atoms with Crippen LogP contribution in [0.2, 0.25) is 0 Å². The molecular formula is C29H30FNO4S. The zero-order chi connectivity index (χ0) is 25.4. The Bertz CT molecular complexity index is 1200. The molecule has 0 spiro atoms. The Morgan fingerprint density at radius 3 is 2.47 bits per heavy atom. The van der Waals surface area contributed by atoms with Gasteiger partial charge in [0.1, 0.15) is 17.2 Å². The number of halogens is 1. The van der Waals surface area contributed by atoms with Crippen LogP contribution in [0.1, 0.15) is 49.3 Å². The van der Waals surface area contributed by atoms with Crippen LogP contribution in [0.5, 0.6) is 17.2 Å². The maximum absolute atomic E-state index is 15.0. The monoisotopic (exact) mass is 507 g/mol. The van der Waals surface area contributed by atoms with E-state index in [4.69, 9.17) is 9.47 Å². The van der Waals surface area contributed by atoms with Crippen LogP contribution in [0, 0.1) is 0 Å². The van der Waals surface area contributed by atoms with Crippen LogP contribution in [0.25, 0.3) is 0 Å². The number of nitrogens with one attached hydrogen (secondary N) is 1. The predicted molar refractivity (Wildman–Crippen MR) is 140 cm³/mol. The Morgan fingerprint density at radius 2 is 1.72 bits per heavy atom. The molecule has 1 saturated heterocycles. The number of benzene rings is 3. The van der Waals surface area contributed by atoms with E-state index in [1.165, 1.54) is 6.07 Å². The average Bonchev–Trinajstić information content (AvgIpc) is 3.15. The van der Waals surface area contributed by atoms with Crippen molar-refractivity contribution in [2.24, 2.45) is 0 Å². The third-order valence-corrected chi connectivity index (χ3v) is 6.72. The smallest absolute Gasteiger partial charge is 0.289 e. The first kappa shape index (κ1) is 25.8. The molecule has 1 atom stereocenters. The summed E-state index contributed by atoms with van der Waals surface area (Å²) in [7, 11) is 0. The molecule has 1 unspecified atom stereocenters. The Labute approximate surface area is 215 Å². The highest BCUT2D eigenvalue weighted by Crippen LogP contribution is 2.36. The molecule has 0 radical (unpaired) electrons. The van der Waals surface area contributed by atoms with Crippen LogP contribution in [-0.4, -0.2) is 17.0 Å². The predicted octanol–water partition coefficient (Wildman–Crippen LogP) is 7.33. The molecule has 7 heteroatoms. The van der Waals surface area contributed by atoms with E-state index in [1.807, 2.05) is 54.6 Å². The summed E-state index contributed by atoms with van der Waals surface area (Å²) in [6, 6.07) is 22.5. The van der Waals surface area contributed by atoms with Gasteiger partial charge in [-0.05, 0) is 73.6 Å². The molecule has 1 amide bonds. The molecule has 0 aromatic heterocycles. The second-order valence-corrected chi connectivity index (χ2v) is 9.70. The number of carbonyl (C=O) groups is 2. The molecule has 0 aliphatic carbocycles. The van der Waals surface area contributed by atoms with E-state index in [2.05, 4.69) is 12.2 Å². The van der Waals surface area contributed by atoms with Gasteiger partial charge in [-0.25, -0.2) is 4.39 Å². The summed E-state index contributed by atoms with van der Waals surface area (Å²) in [5.74, 6) is 0.0501. The molecule has 1 aliphatic heterocycles. The fraction of sp³-hybridized carbons (Fsp3) is 0.310. The number of thioether (sulfide) groups is 1. The van der Waals surface area contributed by atoms with E-state index < -0.39 is 16.1 Å².